The molecule has 0 saturated carbocycles. The number of hydrogen-bond donors (Lipinski definition) is 2. The van der Waals surface area contributed by atoms with Crippen LogP contribution in [-0.2, 0) is 11.0 Å². The quantitative estimate of drug-likeness (QED) is 0.771. The van der Waals surface area contributed by atoms with Crippen LogP contribution in [0.2, 0.25) is 0 Å². The average molecular weight is 371 g/mol. The SMILES string of the molecule is O=C(O)c1sc(SC(C(=O)O)c2nncs2)nc1C(F)(F)F. The van der Waals surface area contributed by atoms with Crippen molar-refractivity contribution in [2.45, 2.75) is 15.8 Å². The van der Waals surface area contributed by atoms with E-state index in [1.54, 1.807) is 0 Å². The minimum atomic E-state index is -4.94. The molecule has 0 radical (unpaired) electrons. The normalized spacial score (nSPS) is 13.0. The number of thiazole rings is 1. The van der Waals surface area contributed by atoms with Gasteiger partial charge in [-0.1, -0.05) is 23.1 Å². The molecule has 118 valence electrons. The van der Waals surface area contributed by atoms with E-state index in [0.717, 1.165) is 11.3 Å². The maximum atomic E-state index is 12.7. The zero-order valence-electron chi connectivity index (χ0n) is 10.1. The van der Waals surface area contributed by atoms with Crippen LogP contribution in [0.5, 0.6) is 0 Å². The summed E-state index contributed by atoms with van der Waals surface area (Å²) in [5.41, 5.74) is -0.272. The second-order valence-corrected chi connectivity index (χ2v) is 6.79. The maximum Gasteiger partial charge on any atom is 0.435 e. The van der Waals surface area contributed by atoms with Crippen molar-refractivity contribution in [1.82, 2.24) is 15.2 Å². The number of aromatic carboxylic acids is 1. The number of alkyl halides is 3. The van der Waals surface area contributed by atoms with Crippen molar-refractivity contribution < 1.29 is 33.0 Å². The lowest BCUT2D eigenvalue weighted by atomic mass is 10.3. The molecule has 1 atom stereocenters. The number of nitrogens with zero attached hydrogens (tertiary/aromatic N) is 3. The van der Waals surface area contributed by atoms with Gasteiger partial charge in [-0.25, -0.2) is 9.78 Å². The van der Waals surface area contributed by atoms with Crippen LogP contribution in [0.3, 0.4) is 0 Å². The highest BCUT2D eigenvalue weighted by Gasteiger charge is 2.40. The van der Waals surface area contributed by atoms with Crippen molar-refractivity contribution >= 4 is 46.4 Å². The molecule has 0 aromatic carbocycles. The summed E-state index contributed by atoms with van der Waals surface area (Å²) in [4.78, 5) is 24.2. The van der Waals surface area contributed by atoms with Gasteiger partial charge in [-0.05, 0) is 0 Å². The van der Waals surface area contributed by atoms with Gasteiger partial charge in [0.25, 0.3) is 0 Å². The van der Waals surface area contributed by atoms with Gasteiger partial charge in [-0.2, -0.15) is 13.2 Å². The summed E-state index contributed by atoms with van der Waals surface area (Å²) in [6.07, 6.45) is -4.94. The van der Waals surface area contributed by atoms with Gasteiger partial charge in [-0.15, -0.1) is 21.5 Å². The predicted octanol–water partition coefficient (Wildman–Crippen LogP) is 2.63. The van der Waals surface area contributed by atoms with Crippen molar-refractivity contribution in [3.63, 3.8) is 0 Å². The van der Waals surface area contributed by atoms with Crippen LogP contribution in [0.25, 0.3) is 0 Å². The molecule has 13 heteroatoms. The third-order valence-electron chi connectivity index (χ3n) is 2.11. The first-order valence-corrected chi connectivity index (χ1v) is 7.74. The second kappa shape index (κ2) is 6.18. The van der Waals surface area contributed by atoms with Crippen molar-refractivity contribution in [2.75, 3.05) is 0 Å². The molecule has 0 fully saturated rings. The fraction of sp³-hybridized carbons (Fsp3) is 0.222. The van der Waals surface area contributed by atoms with E-state index in [1.165, 1.54) is 5.51 Å². The molecule has 1 unspecified atom stereocenters. The lowest BCUT2D eigenvalue weighted by molar-refractivity contribution is -0.141. The van der Waals surface area contributed by atoms with Gasteiger partial charge in [0.1, 0.15) is 15.4 Å². The molecule has 2 aromatic heterocycles. The van der Waals surface area contributed by atoms with E-state index in [0.29, 0.717) is 11.8 Å². The zero-order chi connectivity index (χ0) is 16.5. The van der Waals surface area contributed by atoms with Crippen LogP contribution in [0.15, 0.2) is 9.85 Å². The largest absolute Gasteiger partial charge is 0.480 e. The van der Waals surface area contributed by atoms with Crippen LogP contribution in [0, 0.1) is 0 Å². The number of carbonyl (C=O) groups is 2. The molecule has 7 nitrogen and oxygen atoms in total. The predicted molar refractivity (Wildman–Crippen MR) is 70.2 cm³/mol. The molecule has 0 aliphatic heterocycles. The molecule has 22 heavy (non-hydrogen) atoms. The van der Waals surface area contributed by atoms with E-state index >= 15 is 0 Å². The highest BCUT2D eigenvalue weighted by atomic mass is 32.2. The lowest BCUT2D eigenvalue weighted by Crippen LogP contribution is -2.11. The van der Waals surface area contributed by atoms with Gasteiger partial charge in [0.2, 0.25) is 0 Å². The molecule has 0 bridgehead atoms. The van der Waals surface area contributed by atoms with Gasteiger partial charge >= 0.3 is 18.1 Å². The molecule has 0 amide bonds. The molecule has 2 aromatic rings. The number of hydrogen-bond acceptors (Lipinski definition) is 8. The molecule has 0 aliphatic rings. The highest BCUT2D eigenvalue weighted by Crippen LogP contribution is 2.42. The average Bonchev–Trinajstić information content (AvgIpc) is 3.04. The summed E-state index contributed by atoms with van der Waals surface area (Å²) >= 11 is 1.65. The van der Waals surface area contributed by atoms with Gasteiger partial charge in [0.15, 0.2) is 15.3 Å². The fourth-order valence-electron chi connectivity index (χ4n) is 1.29. The minimum Gasteiger partial charge on any atom is -0.480 e. The Labute approximate surface area is 131 Å². The summed E-state index contributed by atoms with van der Waals surface area (Å²) < 4.78 is 37.9. The van der Waals surface area contributed by atoms with E-state index in [-0.39, 0.29) is 20.7 Å². The van der Waals surface area contributed by atoms with Gasteiger partial charge in [0.05, 0.1) is 0 Å². The number of halogens is 3. The number of aliphatic carboxylic acids is 1. The van der Waals surface area contributed by atoms with Crippen LogP contribution < -0.4 is 0 Å². The van der Waals surface area contributed by atoms with Crippen LogP contribution in [0.1, 0.15) is 25.6 Å². The zero-order valence-corrected chi connectivity index (χ0v) is 12.5. The first kappa shape index (κ1) is 16.6. The third kappa shape index (κ3) is 3.53. The van der Waals surface area contributed by atoms with Crippen LogP contribution in [-0.4, -0.2) is 37.3 Å². The first-order chi connectivity index (χ1) is 10.2. The van der Waals surface area contributed by atoms with Crippen molar-refractivity contribution in [3.05, 3.63) is 21.1 Å². The fourth-order valence-corrected chi connectivity index (χ4v) is 4.11. The number of thioether (sulfide) groups is 1. The Balaban J connectivity index is 2.37. The molecule has 2 heterocycles. The Bertz CT molecular complexity index is 701. The number of carboxylic acids is 2. The molecular formula is C9H4F3N3O4S3. The van der Waals surface area contributed by atoms with Crippen LogP contribution >= 0.6 is 34.4 Å². The molecule has 2 N–H and O–H groups in total. The topological polar surface area (TPSA) is 113 Å². The summed E-state index contributed by atoms with van der Waals surface area (Å²) in [7, 11) is 0. The number of carboxylic acid groups (broad SMARTS) is 2. The summed E-state index contributed by atoms with van der Waals surface area (Å²) in [6, 6.07) is 0. The van der Waals surface area contributed by atoms with Crippen molar-refractivity contribution in [1.29, 1.82) is 0 Å². The molecule has 0 spiro atoms. The van der Waals surface area contributed by atoms with Gasteiger partial charge in [-0.3, -0.25) is 4.79 Å². The molecule has 0 saturated heterocycles. The summed E-state index contributed by atoms with van der Waals surface area (Å²) in [6.45, 7) is 0. The van der Waals surface area contributed by atoms with Gasteiger partial charge in [0, 0.05) is 0 Å². The second-order valence-electron chi connectivity index (χ2n) is 3.57. The molecule has 2 rings (SSSR count). The Morgan fingerprint density at radius 3 is 2.41 bits per heavy atom. The van der Waals surface area contributed by atoms with E-state index in [9.17, 15) is 22.8 Å². The molecule has 0 aliphatic carbocycles. The Hall–Kier alpha value is -1.73. The lowest BCUT2D eigenvalue weighted by Gasteiger charge is -2.05. The monoisotopic (exact) mass is 371 g/mol. The third-order valence-corrected chi connectivity index (χ3v) is 5.35. The minimum absolute atomic E-state index is 0.0677. The smallest absolute Gasteiger partial charge is 0.435 e. The Morgan fingerprint density at radius 2 is 2.00 bits per heavy atom. The molecular weight excluding hydrogens is 367 g/mol. The number of rotatable bonds is 5. The van der Waals surface area contributed by atoms with Crippen LogP contribution in [0.4, 0.5) is 13.2 Å². The summed E-state index contributed by atoms with van der Waals surface area (Å²) in [5, 5.41) is 23.7. The standard InChI is InChI=1S/C9H4F3N3O4S3/c10-9(11,12)4-2(6(16)17)21-8(14-4)22-3(7(18)19)5-15-13-1-20-5/h1,3H,(H,16,17)(H,18,19). The Morgan fingerprint density at radius 1 is 1.32 bits per heavy atom. The van der Waals surface area contributed by atoms with Gasteiger partial charge < -0.3 is 10.2 Å². The summed E-state index contributed by atoms with van der Waals surface area (Å²) in [5.74, 6) is -3.12. The van der Waals surface area contributed by atoms with E-state index < -0.39 is 33.9 Å². The number of aromatic nitrogens is 3. The Kier molecular flexibility index (Phi) is 4.67. The highest BCUT2D eigenvalue weighted by molar-refractivity contribution is 8.02. The maximum absolute atomic E-state index is 12.7. The van der Waals surface area contributed by atoms with Crippen molar-refractivity contribution in [2.24, 2.45) is 0 Å². The van der Waals surface area contributed by atoms with E-state index in [2.05, 4.69) is 15.2 Å². The first-order valence-electron chi connectivity index (χ1n) is 5.17. The van der Waals surface area contributed by atoms with Crippen molar-refractivity contribution in [3.8, 4) is 0 Å². The van der Waals surface area contributed by atoms with E-state index in [1.807, 2.05) is 0 Å². The van der Waals surface area contributed by atoms with E-state index in [4.69, 9.17) is 10.2 Å².